The highest BCUT2D eigenvalue weighted by molar-refractivity contribution is 7.98. The van der Waals surface area contributed by atoms with Crippen LogP contribution in [0.25, 0.3) is 0 Å². The van der Waals surface area contributed by atoms with Crippen molar-refractivity contribution in [3.8, 4) is 0 Å². The first-order valence-corrected chi connectivity index (χ1v) is 7.59. The third-order valence-electron chi connectivity index (χ3n) is 3.23. The molecule has 0 aromatic carbocycles. The zero-order chi connectivity index (χ0) is 13.0. The topological polar surface area (TPSA) is 62.5 Å². The zero-order valence-corrected chi connectivity index (χ0v) is 11.3. The molecule has 0 saturated heterocycles. The van der Waals surface area contributed by atoms with Crippen LogP contribution < -0.4 is 5.32 Å². The highest BCUT2D eigenvalue weighted by Crippen LogP contribution is 2.47. The molecule has 1 aliphatic rings. The number of rotatable bonds is 7. The molecule has 100 valence electrons. The Kier molecular flexibility index (Phi) is 4.72. The summed E-state index contributed by atoms with van der Waals surface area (Å²) in [6.07, 6.45) is 5.12. The average Bonchev–Trinajstić information content (AvgIpc) is 2.97. The molecule has 0 spiro atoms. The molecule has 1 aromatic rings. The van der Waals surface area contributed by atoms with Crippen LogP contribution in [0.1, 0.15) is 24.5 Å². The van der Waals surface area contributed by atoms with Gasteiger partial charge in [-0.1, -0.05) is 0 Å². The fourth-order valence-corrected chi connectivity index (χ4v) is 2.82. The molecular weight excluding hydrogens is 250 g/mol. The standard InChI is InChI=1S/C13H19NO3S/c1-18-8-9(4-5-15)14-13(16)11-7-10(11)12-3-2-6-17-12/h2-3,6,9-11,15H,4-5,7-8H2,1H3,(H,14,16). The van der Waals surface area contributed by atoms with Crippen LogP contribution in [0.4, 0.5) is 0 Å². The van der Waals surface area contributed by atoms with Crippen LogP contribution in [0.3, 0.4) is 0 Å². The Morgan fingerprint density at radius 2 is 2.56 bits per heavy atom. The molecule has 3 atom stereocenters. The Morgan fingerprint density at radius 3 is 3.17 bits per heavy atom. The van der Waals surface area contributed by atoms with Crippen LogP contribution in [0.2, 0.25) is 0 Å². The quantitative estimate of drug-likeness (QED) is 0.789. The Balaban J connectivity index is 1.82. The molecule has 1 aromatic heterocycles. The van der Waals surface area contributed by atoms with Crippen molar-refractivity contribution in [2.75, 3.05) is 18.6 Å². The minimum absolute atomic E-state index is 0.0409. The van der Waals surface area contributed by atoms with Gasteiger partial charge in [-0.15, -0.1) is 0 Å². The lowest BCUT2D eigenvalue weighted by molar-refractivity contribution is -0.123. The number of carbonyl (C=O) groups is 1. The van der Waals surface area contributed by atoms with E-state index in [1.807, 2.05) is 18.4 Å². The van der Waals surface area contributed by atoms with Crippen molar-refractivity contribution in [2.45, 2.75) is 24.8 Å². The largest absolute Gasteiger partial charge is 0.469 e. The van der Waals surface area contributed by atoms with Gasteiger partial charge in [-0.2, -0.15) is 11.8 Å². The fourth-order valence-electron chi connectivity index (χ4n) is 2.16. The van der Waals surface area contributed by atoms with Crippen molar-refractivity contribution >= 4 is 17.7 Å². The van der Waals surface area contributed by atoms with Gasteiger partial charge in [-0.25, -0.2) is 0 Å². The molecule has 5 heteroatoms. The van der Waals surface area contributed by atoms with E-state index in [0.717, 1.165) is 17.9 Å². The second-order valence-corrected chi connectivity index (χ2v) is 5.55. The van der Waals surface area contributed by atoms with Crippen LogP contribution in [-0.4, -0.2) is 35.7 Å². The van der Waals surface area contributed by atoms with Gasteiger partial charge in [0, 0.05) is 30.2 Å². The van der Waals surface area contributed by atoms with E-state index in [9.17, 15) is 4.79 Å². The van der Waals surface area contributed by atoms with E-state index in [2.05, 4.69) is 5.32 Å². The van der Waals surface area contributed by atoms with Crippen molar-refractivity contribution in [3.63, 3.8) is 0 Å². The summed E-state index contributed by atoms with van der Waals surface area (Å²) in [6.45, 7) is 0.109. The van der Waals surface area contributed by atoms with E-state index in [1.165, 1.54) is 0 Å². The number of hydrogen-bond donors (Lipinski definition) is 2. The van der Waals surface area contributed by atoms with Gasteiger partial charge in [0.15, 0.2) is 0 Å². The summed E-state index contributed by atoms with van der Waals surface area (Å²) in [4.78, 5) is 12.0. The average molecular weight is 269 g/mol. The van der Waals surface area contributed by atoms with Gasteiger partial charge in [0.25, 0.3) is 0 Å². The molecule has 1 amide bonds. The number of aliphatic hydroxyl groups is 1. The van der Waals surface area contributed by atoms with Crippen LogP contribution in [0.15, 0.2) is 22.8 Å². The zero-order valence-electron chi connectivity index (χ0n) is 10.5. The second-order valence-electron chi connectivity index (χ2n) is 4.64. The first-order valence-electron chi connectivity index (χ1n) is 6.19. The molecule has 1 aliphatic carbocycles. The van der Waals surface area contributed by atoms with Gasteiger partial charge in [0.2, 0.25) is 5.91 Å². The lowest BCUT2D eigenvalue weighted by atomic mass is 10.2. The number of carbonyl (C=O) groups excluding carboxylic acids is 1. The Bertz CT molecular complexity index is 374. The summed E-state index contributed by atoms with van der Waals surface area (Å²) in [7, 11) is 0. The molecule has 18 heavy (non-hydrogen) atoms. The summed E-state index contributed by atoms with van der Waals surface area (Å²) in [5, 5.41) is 12.0. The van der Waals surface area contributed by atoms with E-state index < -0.39 is 0 Å². The monoisotopic (exact) mass is 269 g/mol. The molecule has 4 nitrogen and oxygen atoms in total. The number of thioether (sulfide) groups is 1. The summed E-state index contributed by atoms with van der Waals surface area (Å²) < 4.78 is 5.31. The summed E-state index contributed by atoms with van der Waals surface area (Å²) in [6, 6.07) is 3.84. The molecule has 3 unspecified atom stereocenters. The fraction of sp³-hybridized carbons (Fsp3) is 0.615. The lowest BCUT2D eigenvalue weighted by Gasteiger charge is -2.16. The molecule has 0 radical (unpaired) electrons. The first kappa shape index (κ1) is 13.5. The molecule has 1 fully saturated rings. The van der Waals surface area contributed by atoms with E-state index in [1.54, 1.807) is 18.0 Å². The highest BCUT2D eigenvalue weighted by Gasteiger charge is 2.46. The number of hydrogen-bond acceptors (Lipinski definition) is 4. The first-order chi connectivity index (χ1) is 8.76. The molecule has 0 bridgehead atoms. The molecule has 2 rings (SSSR count). The van der Waals surface area contributed by atoms with Gasteiger partial charge in [0.1, 0.15) is 5.76 Å². The predicted molar refractivity (Wildman–Crippen MR) is 71.6 cm³/mol. The van der Waals surface area contributed by atoms with Crippen molar-refractivity contribution in [3.05, 3.63) is 24.2 Å². The van der Waals surface area contributed by atoms with Crippen molar-refractivity contribution in [1.82, 2.24) is 5.32 Å². The third kappa shape index (κ3) is 3.29. The molecule has 1 saturated carbocycles. The molecule has 0 aliphatic heterocycles. The van der Waals surface area contributed by atoms with Gasteiger partial charge in [0.05, 0.1) is 6.26 Å². The molecule has 2 N–H and O–H groups in total. The maximum Gasteiger partial charge on any atom is 0.224 e. The maximum atomic E-state index is 12.0. The Morgan fingerprint density at radius 1 is 1.72 bits per heavy atom. The van der Waals surface area contributed by atoms with Crippen molar-refractivity contribution < 1.29 is 14.3 Å². The number of furan rings is 1. The molecule has 1 heterocycles. The summed E-state index contributed by atoms with van der Waals surface area (Å²) in [5.41, 5.74) is 0. The van der Waals surface area contributed by atoms with Gasteiger partial charge < -0.3 is 14.8 Å². The minimum Gasteiger partial charge on any atom is -0.469 e. The van der Waals surface area contributed by atoms with Gasteiger partial charge in [-0.3, -0.25) is 4.79 Å². The van der Waals surface area contributed by atoms with E-state index in [4.69, 9.17) is 9.52 Å². The van der Waals surface area contributed by atoms with E-state index in [0.29, 0.717) is 6.42 Å². The normalized spacial score (nSPS) is 23.7. The maximum absolute atomic E-state index is 12.0. The van der Waals surface area contributed by atoms with E-state index in [-0.39, 0.29) is 30.4 Å². The number of nitrogens with one attached hydrogen (secondary N) is 1. The second kappa shape index (κ2) is 6.29. The minimum atomic E-state index is 0.0409. The van der Waals surface area contributed by atoms with E-state index >= 15 is 0 Å². The number of aliphatic hydroxyl groups excluding tert-OH is 1. The van der Waals surface area contributed by atoms with Gasteiger partial charge in [-0.05, 0) is 31.2 Å². The van der Waals surface area contributed by atoms with Crippen molar-refractivity contribution in [2.24, 2.45) is 5.92 Å². The highest BCUT2D eigenvalue weighted by atomic mass is 32.2. The third-order valence-corrected chi connectivity index (χ3v) is 3.96. The van der Waals surface area contributed by atoms with Crippen LogP contribution >= 0.6 is 11.8 Å². The lowest BCUT2D eigenvalue weighted by Crippen LogP contribution is -2.38. The summed E-state index contributed by atoms with van der Waals surface area (Å²) in [5.74, 6) is 2.11. The van der Waals surface area contributed by atoms with Crippen LogP contribution in [0, 0.1) is 5.92 Å². The molecular formula is C13H19NO3S. The SMILES string of the molecule is CSCC(CCO)NC(=O)C1CC1c1ccco1. The summed E-state index contributed by atoms with van der Waals surface area (Å²) >= 11 is 1.68. The predicted octanol–water partition coefficient (Wildman–Crippen LogP) is 1.61. The number of amides is 1. The van der Waals surface area contributed by atoms with Crippen LogP contribution in [-0.2, 0) is 4.79 Å². The van der Waals surface area contributed by atoms with Crippen molar-refractivity contribution in [1.29, 1.82) is 0 Å². The van der Waals surface area contributed by atoms with Crippen LogP contribution in [0.5, 0.6) is 0 Å². The Labute approximate surface area is 111 Å². The van der Waals surface area contributed by atoms with Gasteiger partial charge >= 0.3 is 0 Å². The Hall–Kier alpha value is -0.940. The smallest absolute Gasteiger partial charge is 0.224 e.